The second-order valence-corrected chi connectivity index (χ2v) is 8.11. The van der Waals surface area contributed by atoms with E-state index in [4.69, 9.17) is 10.5 Å². The summed E-state index contributed by atoms with van der Waals surface area (Å²) in [4.78, 5) is 0.327. The largest absolute Gasteiger partial charge is 0.370 e. The van der Waals surface area contributed by atoms with Crippen LogP contribution in [0, 0.1) is 0 Å². The van der Waals surface area contributed by atoms with Crippen molar-refractivity contribution in [3.63, 3.8) is 0 Å². The van der Waals surface area contributed by atoms with E-state index in [9.17, 15) is 8.42 Å². The fourth-order valence-electron chi connectivity index (χ4n) is 2.72. The first kappa shape index (κ1) is 16.4. The van der Waals surface area contributed by atoms with Gasteiger partial charge in [-0.15, -0.1) is 0 Å². The minimum absolute atomic E-state index is 0.111. The van der Waals surface area contributed by atoms with Crippen LogP contribution in [0.1, 0.15) is 26.3 Å². The summed E-state index contributed by atoms with van der Waals surface area (Å²) in [6.07, 6.45) is 0.641. The van der Waals surface area contributed by atoms with Gasteiger partial charge in [-0.2, -0.15) is 4.31 Å². The Labute approximate surface area is 127 Å². The maximum absolute atomic E-state index is 12.7. The van der Waals surface area contributed by atoms with Crippen molar-refractivity contribution in [3.8, 4) is 0 Å². The van der Waals surface area contributed by atoms with Gasteiger partial charge < -0.3 is 10.5 Å². The van der Waals surface area contributed by atoms with Gasteiger partial charge in [-0.25, -0.2) is 8.42 Å². The summed E-state index contributed by atoms with van der Waals surface area (Å²) in [5.41, 5.74) is 6.09. The molecule has 1 heterocycles. The predicted octanol–water partition coefficient (Wildman–Crippen LogP) is 1.38. The lowest BCUT2D eigenvalue weighted by Gasteiger charge is -2.40. The van der Waals surface area contributed by atoms with Crippen LogP contribution in [-0.2, 0) is 21.2 Å². The monoisotopic (exact) mass is 312 g/mol. The highest BCUT2D eigenvalue weighted by atomic mass is 32.2. The number of rotatable bonds is 4. The van der Waals surface area contributed by atoms with E-state index in [1.165, 1.54) is 4.31 Å². The van der Waals surface area contributed by atoms with Crippen LogP contribution in [0.3, 0.4) is 0 Å². The highest BCUT2D eigenvalue weighted by Gasteiger charge is 2.37. The molecule has 1 aliphatic rings. The maximum atomic E-state index is 12.7. The molecule has 1 fully saturated rings. The summed E-state index contributed by atoms with van der Waals surface area (Å²) >= 11 is 0. The van der Waals surface area contributed by atoms with Crippen molar-refractivity contribution in [1.29, 1.82) is 0 Å². The first-order valence-corrected chi connectivity index (χ1v) is 8.65. The predicted molar refractivity (Wildman–Crippen MR) is 82.6 cm³/mol. The summed E-state index contributed by atoms with van der Waals surface area (Å²) < 4.78 is 32.7. The zero-order chi connectivity index (χ0) is 15.7. The number of nitrogens with zero attached hydrogens (tertiary/aromatic N) is 1. The molecule has 1 saturated heterocycles. The second kappa shape index (κ2) is 6.04. The third-order valence-corrected chi connectivity index (χ3v) is 5.36. The molecule has 5 nitrogen and oxygen atoms in total. The molecule has 1 aromatic rings. The SMILES string of the molecule is CC1CN(S(=O)(=O)c2ccc(CCN)cc2)CC(C)(C)O1. The van der Waals surface area contributed by atoms with E-state index in [1.807, 2.05) is 32.9 Å². The van der Waals surface area contributed by atoms with Gasteiger partial charge in [0.2, 0.25) is 10.0 Å². The lowest BCUT2D eigenvalue weighted by molar-refractivity contribution is -0.109. The normalized spacial score (nSPS) is 23.1. The standard InChI is InChI=1S/C15H24N2O3S/c1-12-10-17(11-15(2,3)20-12)21(18,19)14-6-4-13(5-7-14)8-9-16/h4-7,12H,8-11,16H2,1-3H3. The van der Waals surface area contributed by atoms with Gasteiger partial charge in [0.15, 0.2) is 0 Å². The molecule has 1 aliphatic heterocycles. The smallest absolute Gasteiger partial charge is 0.243 e. The number of nitrogens with two attached hydrogens (primary N) is 1. The van der Waals surface area contributed by atoms with Crippen LogP contribution in [0.5, 0.6) is 0 Å². The average Bonchev–Trinajstić information content (AvgIpc) is 2.37. The molecule has 1 unspecified atom stereocenters. The van der Waals surface area contributed by atoms with Gasteiger partial charge >= 0.3 is 0 Å². The molecule has 0 aromatic heterocycles. The van der Waals surface area contributed by atoms with Crippen molar-refractivity contribution >= 4 is 10.0 Å². The topological polar surface area (TPSA) is 72.6 Å². The van der Waals surface area contributed by atoms with Crippen molar-refractivity contribution < 1.29 is 13.2 Å². The first-order chi connectivity index (χ1) is 9.74. The van der Waals surface area contributed by atoms with E-state index in [0.717, 1.165) is 12.0 Å². The molecule has 0 spiro atoms. The first-order valence-electron chi connectivity index (χ1n) is 7.21. The van der Waals surface area contributed by atoms with Gasteiger partial charge in [0.1, 0.15) is 0 Å². The van der Waals surface area contributed by atoms with E-state index in [2.05, 4.69) is 0 Å². The summed E-state index contributed by atoms with van der Waals surface area (Å²) in [5.74, 6) is 0. The molecule has 6 heteroatoms. The fourth-order valence-corrected chi connectivity index (χ4v) is 4.39. The minimum Gasteiger partial charge on any atom is -0.370 e. The Morgan fingerprint density at radius 1 is 1.33 bits per heavy atom. The quantitative estimate of drug-likeness (QED) is 0.911. The molecular weight excluding hydrogens is 288 g/mol. The molecule has 0 amide bonds. The van der Waals surface area contributed by atoms with Crippen LogP contribution >= 0.6 is 0 Å². The van der Waals surface area contributed by atoms with Crippen molar-refractivity contribution in [2.45, 2.75) is 43.8 Å². The zero-order valence-electron chi connectivity index (χ0n) is 12.9. The fraction of sp³-hybridized carbons (Fsp3) is 0.600. The molecule has 2 rings (SSSR count). The Balaban J connectivity index is 2.24. The van der Waals surface area contributed by atoms with E-state index in [-0.39, 0.29) is 6.10 Å². The van der Waals surface area contributed by atoms with Crippen molar-refractivity contribution in [3.05, 3.63) is 29.8 Å². The van der Waals surface area contributed by atoms with Crippen molar-refractivity contribution in [2.24, 2.45) is 5.73 Å². The van der Waals surface area contributed by atoms with E-state index in [1.54, 1.807) is 12.1 Å². The molecule has 1 atom stereocenters. The van der Waals surface area contributed by atoms with Gasteiger partial charge in [-0.3, -0.25) is 0 Å². The average molecular weight is 312 g/mol. The number of morpholine rings is 1. The lowest BCUT2D eigenvalue weighted by atomic mass is 10.1. The van der Waals surface area contributed by atoms with E-state index < -0.39 is 15.6 Å². The van der Waals surface area contributed by atoms with E-state index >= 15 is 0 Å². The zero-order valence-corrected chi connectivity index (χ0v) is 13.7. The van der Waals surface area contributed by atoms with Gasteiger partial charge in [0.05, 0.1) is 16.6 Å². The van der Waals surface area contributed by atoms with Crippen LogP contribution in [0.2, 0.25) is 0 Å². The summed E-state index contributed by atoms with van der Waals surface area (Å²) in [6.45, 7) is 7.03. The Kier molecular flexibility index (Phi) is 4.72. The van der Waals surface area contributed by atoms with Gasteiger partial charge in [-0.05, 0) is 51.4 Å². The number of ether oxygens (including phenoxy) is 1. The Morgan fingerprint density at radius 2 is 1.95 bits per heavy atom. The molecule has 21 heavy (non-hydrogen) atoms. The molecule has 2 N–H and O–H groups in total. The number of hydrogen-bond acceptors (Lipinski definition) is 4. The molecule has 0 bridgehead atoms. The molecule has 0 radical (unpaired) electrons. The molecule has 0 saturated carbocycles. The third-order valence-electron chi connectivity index (χ3n) is 3.53. The number of benzene rings is 1. The number of hydrogen-bond donors (Lipinski definition) is 1. The van der Waals surface area contributed by atoms with Crippen molar-refractivity contribution in [2.75, 3.05) is 19.6 Å². The Bertz CT molecular complexity index is 581. The van der Waals surface area contributed by atoms with Gasteiger partial charge in [-0.1, -0.05) is 12.1 Å². The summed E-state index contributed by atoms with van der Waals surface area (Å²) in [6, 6.07) is 6.98. The van der Waals surface area contributed by atoms with Gasteiger partial charge in [0.25, 0.3) is 0 Å². The van der Waals surface area contributed by atoms with Crippen LogP contribution in [0.25, 0.3) is 0 Å². The Hall–Kier alpha value is -0.950. The lowest BCUT2D eigenvalue weighted by Crippen LogP contribution is -2.53. The highest BCUT2D eigenvalue weighted by molar-refractivity contribution is 7.89. The molecular formula is C15H24N2O3S. The van der Waals surface area contributed by atoms with Crippen LogP contribution in [0.4, 0.5) is 0 Å². The summed E-state index contributed by atoms with van der Waals surface area (Å²) in [5, 5.41) is 0. The van der Waals surface area contributed by atoms with Crippen LogP contribution in [0.15, 0.2) is 29.2 Å². The molecule has 1 aromatic carbocycles. The second-order valence-electron chi connectivity index (χ2n) is 6.17. The number of sulfonamides is 1. The van der Waals surface area contributed by atoms with Gasteiger partial charge in [0, 0.05) is 13.1 Å². The van der Waals surface area contributed by atoms with Crippen LogP contribution in [-0.4, -0.2) is 44.1 Å². The van der Waals surface area contributed by atoms with E-state index in [0.29, 0.717) is 24.5 Å². The minimum atomic E-state index is -3.48. The molecule has 0 aliphatic carbocycles. The maximum Gasteiger partial charge on any atom is 0.243 e. The Morgan fingerprint density at radius 3 is 2.48 bits per heavy atom. The third kappa shape index (κ3) is 3.83. The van der Waals surface area contributed by atoms with Crippen molar-refractivity contribution in [1.82, 2.24) is 4.31 Å². The summed E-state index contributed by atoms with van der Waals surface area (Å²) in [7, 11) is -3.48. The van der Waals surface area contributed by atoms with Crippen LogP contribution < -0.4 is 5.73 Å². The molecule has 118 valence electrons. The highest BCUT2D eigenvalue weighted by Crippen LogP contribution is 2.26.